The standard InChI is InChI=1S/C23H28FN5O4S2/c1-14-12-28(22(32)33-23(2,3)4)10-6-9-17-19(35-14)26-21(34-13-18(30)27-25)29(20(17)31)16-8-5-7-15(24)11-16/h5,7-8,11H,1,6,9-10,12-13,25H2,2-4H3,(H,27,30). The van der Waals surface area contributed by atoms with Gasteiger partial charge in [0.15, 0.2) is 5.16 Å². The minimum Gasteiger partial charge on any atom is -0.444 e. The number of hydrazine groups is 1. The third kappa shape index (κ3) is 7.09. The highest BCUT2D eigenvalue weighted by Crippen LogP contribution is 2.31. The van der Waals surface area contributed by atoms with Crippen molar-refractivity contribution in [3.8, 4) is 5.69 Å². The molecule has 2 amide bonds. The lowest BCUT2D eigenvalue weighted by Gasteiger charge is -2.27. The smallest absolute Gasteiger partial charge is 0.410 e. The number of halogens is 1. The molecule has 0 aliphatic carbocycles. The molecule has 0 saturated heterocycles. The van der Waals surface area contributed by atoms with Crippen molar-refractivity contribution < 1.29 is 18.7 Å². The number of amides is 2. The fraction of sp³-hybridized carbons (Fsp3) is 0.391. The van der Waals surface area contributed by atoms with Gasteiger partial charge in [0.1, 0.15) is 16.4 Å². The summed E-state index contributed by atoms with van der Waals surface area (Å²) in [4.78, 5) is 44.9. The van der Waals surface area contributed by atoms with E-state index in [9.17, 15) is 18.8 Å². The van der Waals surface area contributed by atoms with E-state index in [0.29, 0.717) is 40.6 Å². The summed E-state index contributed by atoms with van der Waals surface area (Å²) in [5, 5.41) is 0.654. The van der Waals surface area contributed by atoms with Crippen LogP contribution < -0.4 is 16.8 Å². The highest BCUT2D eigenvalue weighted by Gasteiger charge is 2.26. The third-order valence-corrected chi connectivity index (χ3v) is 6.67. The van der Waals surface area contributed by atoms with Gasteiger partial charge in [-0.2, -0.15) is 0 Å². The van der Waals surface area contributed by atoms with Crippen molar-refractivity contribution in [1.82, 2.24) is 19.9 Å². The molecule has 0 fully saturated rings. The Balaban J connectivity index is 2.02. The summed E-state index contributed by atoms with van der Waals surface area (Å²) < 4.78 is 20.8. The van der Waals surface area contributed by atoms with Crippen LogP contribution in [0.2, 0.25) is 0 Å². The Morgan fingerprint density at radius 2 is 2.11 bits per heavy atom. The molecule has 2 heterocycles. The molecule has 9 nitrogen and oxygen atoms in total. The quantitative estimate of drug-likeness (QED) is 0.157. The number of nitrogens with two attached hydrogens (primary N) is 1. The van der Waals surface area contributed by atoms with Crippen LogP contribution in [-0.4, -0.2) is 50.9 Å². The minimum absolute atomic E-state index is 0.0882. The summed E-state index contributed by atoms with van der Waals surface area (Å²) in [5.74, 6) is 4.13. The second kappa shape index (κ2) is 11.3. The summed E-state index contributed by atoms with van der Waals surface area (Å²) in [6, 6.07) is 5.60. The second-order valence-corrected chi connectivity index (χ2v) is 10.9. The van der Waals surface area contributed by atoms with E-state index in [2.05, 4.69) is 11.6 Å². The fourth-order valence-corrected chi connectivity index (χ4v) is 5.13. The van der Waals surface area contributed by atoms with Crippen molar-refractivity contribution in [2.45, 2.75) is 49.4 Å². The molecule has 0 bridgehead atoms. The second-order valence-electron chi connectivity index (χ2n) is 8.80. The Morgan fingerprint density at radius 1 is 1.37 bits per heavy atom. The van der Waals surface area contributed by atoms with E-state index >= 15 is 0 Å². The maximum atomic E-state index is 14.0. The minimum atomic E-state index is -0.644. The van der Waals surface area contributed by atoms with Crippen molar-refractivity contribution >= 4 is 35.5 Å². The number of thioether (sulfide) groups is 2. The largest absolute Gasteiger partial charge is 0.444 e. The van der Waals surface area contributed by atoms with Gasteiger partial charge in [0.25, 0.3) is 5.56 Å². The van der Waals surface area contributed by atoms with Gasteiger partial charge in [-0.25, -0.2) is 20.0 Å². The average Bonchev–Trinajstić information content (AvgIpc) is 2.84. The molecular weight excluding hydrogens is 493 g/mol. The molecule has 1 aliphatic rings. The molecule has 0 spiro atoms. The Bertz CT molecular complexity index is 1200. The lowest BCUT2D eigenvalue weighted by Crippen LogP contribution is -2.38. The highest BCUT2D eigenvalue weighted by molar-refractivity contribution is 8.03. The van der Waals surface area contributed by atoms with Gasteiger partial charge in [-0.05, 0) is 51.8 Å². The van der Waals surface area contributed by atoms with E-state index in [-0.39, 0.29) is 23.0 Å². The predicted octanol–water partition coefficient (Wildman–Crippen LogP) is 3.24. The van der Waals surface area contributed by atoms with Crippen LogP contribution in [0, 0.1) is 5.82 Å². The van der Waals surface area contributed by atoms with Gasteiger partial charge in [0.05, 0.1) is 23.5 Å². The number of aromatic nitrogens is 2. The molecule has 0 unspecified atom stereocenters. The number of nitrogens with one attached hydrogen (secondary N) is 1. The number of hydrogen-bond acceptors (Lipinski definition) is 8. The number of rotatable bonds is 4. The van der Waals surface area contributed by atoms with Crippen molar-refractivity contribution in [3.05, 3.63) is 57.5 Å². The van der Waals surface area contributed by atoms with Gasteiger partial charge < -0.3 is 9.64 Å². The molecule has 188 valence electrons. The van der Waals surface area contributed by atoms with Gasteiger partial charge in [-0.15, -0.1) is 0 Å². The van der Waals surface area contributed by atoms with Crippen molar-refractivity contribution in [3.63, 3.8) is 0 Å². The number of carbonyl (C=O) groups is 2. The van der Waals surface area contributed by atoms with E-state index in [1.807, 2.05) is 5.43 Å². The topological polar surface area (TPSA) is 120 Å². The van der Waals surface area contributed by atoms with Gasteiger partial charge in [0, 0.05) is 11.4 Å². The van der Waals surface area contributed by atoms with Crippen molar-refractivity contribution in [1.29, 1.82) is 0 Å². The van der Waals surface area contributed by atoms with Crippen LogP contribution in [-0.2, 0) is 16.0 Å². The first-order valence-electron chi connectivity index (χ1n) is 10.9. The zero-order valence-corrected chi connectivity index (χ0v) is 21.4. The van der Waals surface area contributed by atoms with Crippen LogP contribution in [0.15, 0.2) is 50.7 Å². The molecule has 3 N–H and O–H groups in total. The van der Waals surface area contributed by atoms with Crippen LogP contribution in [0.25, 0.3) is 5.69 Å². The normalized spacial score (nSPS) is 14.4. The van der Waals surface area contributed by atoms with E-state index < -0.39 is 23.4 Å². The van der Waals surface area contributed by atoms with E-state index in [1.165, 1.54) is 34.5 Å². The Hall–Kier alpha value is -2.83. The zero-order chi connectivity index (χ0) is 25.8. The fourth-order valence-electron chi connectivity index (χ4n) is 3.32. The molecule has 1 aliphatic heterocycles. The monoisotopic (exact) mass is 521 g/mol. The van der Waals surface area contributed by atoms with Crippen molar-refractivity contribution in [2.75, 3.05) is 18.8 Å². The zero-order valence-electron chi connectivity index (χ0n) is 19.8. The van der Waals surface area contributed by atoms with Gasteiger partial charge in [-0.3, -0.25) is 19.6 Å². The van der Waals surface area contributed by atoms with Crippen LogP contribution in [0.1, 0.15) is 32.8 Å². The van der Waals surface area contributed by atoms with Gasteiger partial charge in [0.2, 0.25) is 5.91 Å². The number of carbonyl (C=O) groups excluding carboxylic acids is 2. The van der Waals surface area contributed by atoms with Gasteiger partial charge in [-0.1, -0.05) is 36.2 Å². The first kappa shape index (κ1) is 26.8. The SMILES string of the molecule is C=C1CN(C(=O)OC(C)(C)C)CCCc2c(nc(SCC(=O)NN)n(-c3cccc(F)c3)c2=O)S1. The maximum absolute atomic E-state index is 14.0. The first-order chi connectivity index (χ1) is 16.5. The summed E-state index contributed by atoms with van der Waals surface area (Å²) in [5.41, 5.74) is 1.75. The number of fused-ring (bicyclic) bond motifs is 1. The number of hydrogen-bond donors (Lipinski definition) is 2. The summed E-state index contributed by atoms with van der Waals surface area (Å²) in [6.07, 6.45) is 0.367. The first-order valence-corrected chi connectivity index (χ1v) is 12.7. The summed E-state index contributed by atoms with van der Waals surface area (Å²) in [7, 11) is 0. The summed E-state index contributed by atoms with van der Waals surface area (Å²) in [6.45, 7) is 10.0. The Kier molecular flexibility index (Phi) is 8.62. The van der Waals surface area contributed by atoms with Crippen molar-refractivity contribution in [2.24, 2.45) is 5.84 Å². The Morgan fingerprint density at radius 3 is 2.77 bits per heavy atom. The molecule has 2 aromatic rings. The van der Waals surface area contributed by atoms with E-state index in [1.54, 1.807) is 31.7 Å². The third-order valence-electron chi connectivity index (χ3n) is 4.78. The van der Waals surface area contributed by atoms with Crippen LogP contribution >= 0.6 is 23.5 Å². The van der Waals surface area contributed by atoms with E-state index in [0.717, 1.165) is 11.8 Å². The average molecular weight is 522 g/mol. The lowest BCUT2D eigenvalue weighted by atomic mass is 10.1. The molecule has 1 aromatic heterocycles. The Labute approximate surface area is 211 Å². The molecule has 3 rings (SSSR count). The molecular formula is C23H28FN5O4S2. The molecule has 0 atom stereocenters. The molecule has 0 saturated carbocycles. The lowest BCUT2D eigenvalue weighted by molar-refractivity contribution is -0.118. The number of benzene rings is 1. The van der Waals surface area contributed by atoms with Gasteiger partial charge >= 0.3 is 6.09 Å². The molecule has 1 aromatic carbocycles. The van der Waals surface area contributed by atoms with Crippen LogP contribution in [0.5, 0.6) is 0 Å². The molecule has 12 heteroatoms. The molecule has 0 radical (unpaired) electrons. The van der Waals surface area contributed by atoms with E-state index in [4.69, 9.17) is 10.6 Å². The van der Waals surface area contributed by atoms with Crippen LogP contribution in [0.3, 0.4) is 0 Å². The van der Waals surface area contributed by atoms with Crippen LogP contribution in [0.4, 0.5) is 9.18 Å². The maximum Gasteiger partial charge on any atom is 0.410 e. The predicted molar refractivity (Wildman–Crippen MR) is 134 cm³/mol. The highest BCUT2D eigenvalue weighted by atomic mass is 32.2. The molecule has 35 heavy (non-hydrogen) atoms. The number of nitrogens with zero attached hydrogens (tertiary/aromatic N) is 3. The number of ether oxygens (including phenoxy) is 1. The summed E-state index contributed by atoms with van der Waals surface area (Å²) >= 11 is 2.20.